The predicted molar refractivity (Wildman–Crippen MR) is 200 cm³/mol. The van der Waals surface area contributed by atoms with Gasteiger partial charge in [-0.05, 0) is 51.1 Å². The third-order valence-electron chi connectivity index (χ3n) is 10.6. The summed E-state index contributed by atoms with van der Waals surface area (Å²) in [6.07, 6.45) is 4.92. The number of carbonyl (C=O) groups is 2. The first-order valence-corrected chi connectivity index (χ1v) is 18.1. The highest BCUT2D eigenvalue weighted by molar-refractivity contribution is 6.00. The number of piperazine rings is 2. The van der Waals surface area contributed by atoms with Crippen LogP contribution in [0.3, 0.4) is 0 Å². The lowest BCUT2D eigenvalue weighted by Crippen LogP contribution is -2.48. The van der Waals surface area contributed by atoms with Gasteiger partial charge in [-0.25, -0.2) is 13.6 Å². The average molecular weight is 743 g/mol. The third kappa shape index (κ3) is 6.52. The fourth-order valence-corrected chi connectivity index (χ4v) is 7.34. The topological polar surface area (TPSA) is 154 Å². The first kappa shape index (κ1) is 35.2. The van der Waals surface area contributed by atoms with Crippen molar-refractivity contribution < 1.29 is 22.8 Å². The molecule has 2 aliphatic heterocycles. The lowest BCUT2D eigenvalue weighted by atomic mass is 10.1. The van der Waals surface area contributed by atoms with E-state index in [1.807, 2.05) is 28.3 Å². The van der Waals surface area contributed by atoms with Gasteiger partial charge in [-0.2, -0.15) is 0 Å². The van der Waals surface area contributed by atoms with Crippen molar-refractivity contribution in [1.82, 2.24) is 29.1 Å². The normalized spacial score (nSPS) is 16.7. The summed E-state index contributed by atoms with van der Waals surface area (Å²) in [6.45, 7) is 8.56. The number of amides is 3. The van der Waals surface area contributed by atoms with Gasteiger partial charge >= 0.3 is 12.0 Å². The van der Waals surface area contributed by atoms with Gasteiger partial charge in [0, 0.05) is 89.6 Å². The van der Waals surface area contributed by atoms with E-state index in [4.69, 9.17) is 4.42 Å². The van der Waals surface area contributed by atoms with Crippen molar-refractivity contribution in [2.24, 2.45) is 0 Å². The Kier molecular flexibility index (Phi) is 9.03. The van der Waals surface area contributed by atoms with Gasteiger partial charge in [0.15, 0.2) is 0 Å². The molecule has 2 aromatic carbocycles. The summed E-state index contributed by atoms with van der Waals surface area (Å²) in [6, 6.07) is 4.71. The molecule has 5 heterocycles. The Morgan fingerprint density at radius 2 is 1.43 bits per heavy atom. The summed E-state index contributed by atoms with van der Waals surface area (Å²) < 4.78 is 40.4. The van der Waals surface area contributed by atoms with Crippen LogP contribution in [0.2, 0.25) is 0 Å². The smallest absolute Gasteiger partial charge is 0.327 e. The molecule has 0 atom stereocenters. The average Bonchev–Trinajstić information content (AvgIpc) is 3.91. The summed E-state index contributed by atoms with van der Waals surface area (Å²) in [5.41, 5.74) is 0.763. The van der Waals surface area contributed by atoms with Gasteiger partial charge in [0.1, 0.15) is 22.9 Å². The van der Waals surface area contributed by atoms with Crippen LogP contribution in [0, 0.1) is 11.6 Å². The number of pyridine rings is 2. The lowest BCUT2D eigenvalue weighted by Gasteiger charge is -2.36. The van der Waals surface area contributed by atoms with Crippen LogP contribution >= 0.6 is 0 Å². The molecule has 3 aromatic heterocycles. The number of hydrogen-bond donors (Lipinski definition) is 2. The van der Waals surface area contributed by atoms with Gasteiger partial charge < -0.3 is 38.5 Å². The number of aromatic nitrogens is 4. The zero-order chi connectivity index (χ0) is 37.8. The number of halogens is 2. The van der Waals surface area contributed by atoms with Gasteiger partial charge in [-0.1, -0.05) is 5.10 Å². The maximum absolute atomic E-state index is 15.5. The number of anilines is 4. The minimum Gasteiger partial charge on any atom is -0.403 e. The van der Waals surface area contributed by atoms with E-state index in [0.29, 0.717) is 68.2 Å². The maximum atomic E-state index is 15.5. The molecular formula is C37H40F2N10O5. The Balaban J connectivity index is 1.03. The van der Waals surface area contributed by atoms with Gasteiger partial charge in [0.05, 0.1) is 27.8 Å². The molecule has 0 unspecified atom stereocenters. The molecule has 5 aromatic rings. The van der Waals surface area contributed by atoms with Crippen molar-refractivity contribution in [3.05, 3.63) is 68.7 Å². The van der Waals surface area contributed by atoms with Crippen LogP contribution in [0.1, 0.15) is 32.7 Å². The number of fused-ring (bicyclic) bond motifs is 2. The molecule has 0 radical (unpaired) electrons. The molecule has 3 aliphatic rings. The Hall–Kier alpha value is -5.84. The van der Waals surface area contributed by atoms with Crippen molar-refractivity contribution in [2.45, 2.75) is 39.3 Å². The summed E-state index contributed by atoms with van der Waals surface area (Å²) >= 11 is 0. The molecule has 8 rings (SSSR count). The molecular weight excluding hydrogens is 702 g/mol. The van der Waals surface area contributed by atoms with Crippen LogP contribution in [0.5, 0.6) is 0 Å². The van der Waals surface area contributed by atoms with Crippen LogP contribution in [-0.4, -0.2) is 100 Å². The van der Waals surface area contributed by atoms with E-state index >= 15 is 8.78 Å². The molecule has 3 amide bonds. The Morgan fingerprint density at radius 1 is 0.815 bits per heavy atom. The Labute approximate surface area is 307 Å². The molecule has 2 N–H and O–H groups in total. The van der Waals surface area contributed by atoms with Gasteiger partial charge in [0.2, 0.25) is 16.8 Å². The predicted octanol–water partition coefficient (Wildman–Crippen LogP) is 4.06. The number of carbonyl (C=O) groups excluding carboxylic acids is 2. The largest absolute Gasteiger partial charge is 0.403 e. The highest BCUT2D eigenvalue weighted by Gasteiger charge is 2.29. The first-order chi connectivity index (χ1) is 26.0. The van der Waals surface area contributed by atoms with E-state index < -0.39 is 28.5 Å². The Morgan fingerprint density at radius 3 is 2.04 bits per heavy atom. The van der Waals surface area contributed by atoms with Crippen molar-refractivity contribution in [3.8, 4) is 11.5 Å². The standard InChI is InChI=1S/C37H40F2N10O5/c1-4-45-20-28(34(52)23-15-26(38)31(17-29(23)45)48-13-11-46(12-14-48)21(2)50)40-36(53)41-37-43-42-35(54-37)25-19-49(22-5-6-22)30-18-32(27(39)16-24(30)33(25)51)47-9-7-44(3)8-10-47/h15-20,22H,4-14H2,1-3H3,(H2,40,41,43,53). The SMILES string of the molecule is CCn1cc(NC(=O)Nc2nnc(-c3cn(C4CC4)c4cc(N5CCN(C)CC5)c(F)cc4c3=O)o2)c(=O)c2cc(F)c(N3CCN(C(C)=O)CC3)cc21. The number of nitrogens with one attached hydrogen (secondary N) is 2. The quantitative estimate of drug-likeness (QED) is 0.250. The second-order valence-electron chi connectivity index (χ2n) is 14.1. The summed E-state index contributed by atoms with van der Waals surface area (Å²) in [5.74, 6) is -1.28. The maximum Gasteiger partial charge on any atom is 0.327 e. The Bertz CT molecular complexity index is 2420. The third-order valence-corrected chi connectivity index (χ3v) is 10.6. The van der Waals surface area contributed by atoms with Crippen molar-refractivity contribution in [2.75, 3.05) is 79.8 Å². The van der Waals surface area contributed by atoms with Crippen LogP contribution < -0.4 is 31.3 Å². The van der Waals surface area contributed by atoms with Crippen molar-refractivity contribution >= 4 is 56.8 Å². The number of benzene rings is 2. The molecule has 3 fully saturated rings. The molecule has 1 aliphatic carbocycles. The van der Waals surface area contributed by atoms with Crippen molar-refractivity contribution in [3.63, 3.8) is 0 Å². The number of hydrogen-bond acceptors (Lipinski definition) is 10. The second-order valence-corrected chi connectivity index (χ2v) is 14.1. The van der Waals surface area contributed by atoms with E-state index in [2.05, 4.69) is 25.7 Å². The second kappa shape index (κ2) is 13.9. The van der Waals surface area contributed by atoms with Crippen LogP contribution in [-0.2, 0) is 11.3 Å². The van der Waals surface area contributed by atoms with E-state index in [-0.39, 0.29) is 45.9 Å². The van der Waals surface area contributed by atoms with E-state index in [1.54, 1.807) is 27.8 Å². The van der Waals surface area contributed by atoms with E-state index in [9.17, 15) is 19.2 Å². The fourth-order valence-electron chi connectivity index (χ4n) is 7.34. The number of likely N-dealkylation sites (N-methyl/N-ethyl adjacent to an activating group) is 1. The van der Waals surface area contributed by atoms with Crippen LogP contribution in [0.4, 0.5) is 36.7 Å². The highest BCUT2D eigenvalue weighted by Crippen LogP contribution is 2.39. The number of rotatable bonds is 7. The molecule has 17 heteroatoms. The van der Waals surface area contributed by atoms with E-state index in [0.717, 1.165) is 25.9 Å². The molecule has 15 nitrogen and oxygen atoms in total. The highest BCUT2D eigenvalue weighted by atomic mass is 19.1. The zero-order valence-corrected chi connectivity index (χ0v) is 30.2. The summed E-state index contributed by atoms with van der Waals surface area (Å²) in [4.78, 5) is 59.9. The van der Waals surface area contributed by atoms with Gasteiger partial charge in [-0.15, -0.1) is 5.10 Å². The minimum absolute atomic E-state index is 0.0341. The molecule has 282 valence electrons. The summed E-state index contributed by atoms with van der Waals surface area (Å²) in [7, 11) is 2.03. The number of aryl methyl sites for hydroxylation is 1. The number of urea groups is 1. The number of nitrogens with zero attached hydrogens (tertiary/aromatic N) is 8. The van der Waals surface area contributed by atoms with Gasteiger partial charge in [0.25, 0.3) is 5.89 Å². The monoisotopic (exact) mass is 742 g/mol. The molecule has 1 saturated carbocycles. The van der Waals surface area contributed by atoms with Crippen molar-refractivity contribution in [1.29, 1.82) is 0 Å². The van der Waals surface area contributed by atoms with Crippen LogP contribution in [0.15, 0.2) is 50.7 Å². The fraction of sp³-hybridized carbons (Fsp3) is 0.405. The molecule has 0 spiro atoms. The molecule has 0 bridgehead atoms. The molecule has 2 saturated heterocycles. The first-order valence-electron chi connectivity index (χ1n) is 18.1. The zero-order valence-electron chi connectivity index (χ0n) is 30.2. The lowest BCUT2D eigenvalue weighted by molar-refractivity contribution is -0.129. The molecule has 54 heavy (non-hydrogen) atoms. The van der Waals surface area contributed by atoms with E-state index in [1.165, 1.54) is 25.3 Å². The van der Waals surface area contributed by atoms with Gasteiger partial charge in [-0.3, -0.25) is 19.7 Å². The minimum atomic E-state index is -0.878. The van der Waals surface area contributed by atoms with Crippen LogP contribution in [0.25, 0.3) is 33.3 Å². The summed E-state index contributed by atoms with van der Waals surface area (Å²) in [5, 5.41) is 13.1.